The van der Waals surface area contributed by atoms with Crippen molar-refractivity contribution in [3.8, 4) is 0 Å². The van der Waals surface area contributed by atoms with Crippen LogP contribution in [0.15, 0.2) is 103 Å². The highest BCUT2D eigenvalue weighted by Crippen LogP contribution is 2.38. The van der Waals surface area contributed by atoms with Crippen LogP contribution in [-0.2, 0) is 68.4 Å². The number of nitrogens with zero attached hydrogens (tertiary/aromatic N) is 8. The molecular formula is C66H75BN8O8. The van der Waals surface area contributed by atoms with Crippen LogP contribution in [0.1, 0.15) is 133 Å². The second-order valence-electron chi connectivity index (χ2n) is 23.1. The van der Waals surface area contributed by atoms with E-state index in [2.05, 4.69) is 116 Å². The lowest BCUT2D eigenvalue weighted by molar-refractivity contribution is -0.141. The smallest absolute Gasteiger partial charge is 0.469 e. The van der Waals surface area contributed by atoms with E-state index < -0.39 is 0 Å². The number of ether oxygens (including phenoxy) is 2. The van der Waals surface area contributed by atoms with Crippen LogP contribution in [0.5, 0.6) is 0 Å². The molecule has 17 heteroatoms. The summed E-state index contributed by atoms with van der Waals surface area (Å²) in [5.74, 6) is -0.694. The third kappa shape index (κ3) is 12.6. The van der Waals surface area contributed by atoms with Gasteiger partial charge >= 0.3 is 19.1 Å². The minimum atomic E-state index is -0.379. The summed E-state index contributed by atoms with van der Waals surface area (Å²) in [5, 5.41) is 16.6. The van der Waals surface area contributed by atoms with Crippen LogP contribution in [0.4, 0.5) is 0 Å². The molecule has 430 valence electrons. The highest BCUT2D eigenvalue weighted by molar-refractivity contribution is 6.62. The summed E-state index contributed by atoms with van der Waals surface area (Å²) in [6, 6.07) is 32.6. The second kappa shape index (κ2) is 24.3. The molecule has 5 heterocycles. The maximum atomic E-state index is 13.3. The zero-order chi connectivity index (χ0) is 59.7. The summed E-state index contributed by atoms with van der Waals surface area (Å²) in [7, 11) is 6.11. The van der Waals surface area contributed by atoms with E-state index in [1.165, 1.54) is 48.1 Å². The molecule has 11 rings (SSSR count). The first kappa shape index (κ1) is 59.4. The van der Waals surface area contributed by atoms with Crippen molar-refractivity contribution in [2.24, 2.45) is 14.1 Å². The van der Waals surface area contributed by atoms with Crippen LogP contribution in [0.3, 0.4) is 0 Å². The van der Waals surface area contributed by atoms with E-state index >= 15 is 0 Å². The summed E-state index contributed by atoms with van der Waals surface area (Å²) < 4.78 is 25.5. The largest absolute Gasteiger partial charge is 0.494 e. The Hall–Kier alpha value is -8.28. The molecule has 0 N–H and O–H groups in total. The van der Waals surface area contributed by atoms with Gasteiger partial charge in [-0.15, -0.1) is 10.2 Å². The highest BCUT2D eigenvalue weighted by Gasteiger charge is 2.52. The van der Waals surface area contributed by atoms with Crippen LogP contribution >= 0.6 is 0 Å². The average Bonchev–Trinajstić information content (AvgIpc) is 3.82. The number of fused-ring (bicyclic) bond motifs is 4. The van der Waals surface area contributed by atoms with Gasteiger partial charge in [0.2, 0.25) is 0 Å². The highest BCUT2D eigenvalue weighted by atomic mass is 16.7. The molecule has 8 aromatic rings. The van der Waals surface area contributed by atoms with Crippen LogP contribution in [0.2, 0.25) is 0 Å². The topological polar surface area (TPSA) is 173 Å². The van der Waals surface area contributed by atoms with Gasteiger partial charge in [-0.05, 0) is 202 Å². The summed E-state index contributed by atoms with van der Waals surface area (Å²) >= 11 is 0. The Balaban J connectivity index is 0.000000160. The number of amides is 2. The van der Waals surface area contributed by atoms with Crippen molar-refractivity contribution >= 4 is 64.5 Å². The molecular weight excluding hydrogens is 1040 g/mol. The molecule has 1 unspecified atom stereocenters. The zero-order valence-electron chi connectivity index (χ0n) is 50.3. The molecule has 3 aliphatic rings. The molecule has 1 fully saturated rings. The Bertz CT molecular complexity index is 3820. The fourth-order valence-electron chi connectivity index (χ4n) is 10.9. The molecule has 16 nitrogen and oxygen atoms in total. The summed E-state index contributed by atoms with van der Waals surface area (Å²) in [4.78, 5) is 53.7. The van der Waals surface area contributed by atoms with Crippen molar-refractivity contribution in [1.82, 2.24) is 39.8 Å². The van der Waals surface area contributed by atoms with Crippen molar-refractivity contribution in [2.75, 3.05) is 27.3 Å². The number of hydrogen-bond acceptors (Lipinski definition) is 12. The molecule has 1 saturated heterocycles. The van der Waals surface area contributed by atoms with Gasteiger partial charge in [0, 0.05) is 63.4 Å². The molecule has 0 bridgehead atoms. The van der Waals surface area contributed by atoms with Gasteiger partial charge in [0.25, 0.3) is 11.8 Å². The van der Waals surface area contributed by atoms with Crippen LogP contribution < -0.4 is 5.46 Å². The lowest BCUT2D eigenvalue weighted by Crippen LogP contribution is -2.41. The van der Waals surface area contributed by atoms with Crippen molar-refractivity contribution < 1.29 is 38.0 Å². The SMILES string of the molecule is COC(=O)/C=C/c1ccc2c(nnn2C)c1C.COC(=O)CC(c1ccc2c(c1)CN(C(=O)c1ccc(C)c(C)c1)CC2)c1ccc2c(nnn2C)c1C.Cc1ccc(C(=O)N2CCc3ccc(B4OC(C)(C)C(C)(C)O4)cc3C2)cc1C. The zero-order valence-corrected chi connectivity index (χ0v) is 50.3. The minimum absolute atomic E-state index is 0.0502. The Morgan fingerprint density at radius 1 is 0.602 bits per heavy atom. The molecule has 83 heavy (non-hydrogen) atoms. The standard InChI is InChI=1S/C30H32N4O3.C24H30BNO3.C12H13N3O2/c1-18-6-7-23(14-19(18)2)30(36)34-13-12-21-8-9-22(15-24(21)17-34)26(16-28(35)37-5)25-10-11-27-29(20(25)3)31-32-33(27)4;1-16-7-8-19(13-17(16)2)22(27)26-12-11-18-9-10-21(14-20(18)15-26)25-28-23(3,4)24(5,6)29-25;1-8-9(5-7-11(16)17-3)4-6-10-12(8)13-14-15(10)2/h6-11,14-15,26H,12-13,16-17H2,1-5H3;7-10,13-14H,11-12,15H2,1-6H3;4-7H,1-3H3/b;;7-5+. The van der Waals surface area contributed by atoms with Gasteiger partial charge in [0.15, 0.2) is 0 Å². The van der Waals surface area contributed by atoms with Gasteiger partial charge in [-0.1, -0.05) is 71.1 Å². The summed E-state index contributed by atoms with van der Waals surface area (Å²) in [6.07, 6.45) is 5.00. The molecule has 6 aromatic carbocycles. The number of carbonyl (C=O) groups is 4. The van der Waals surface area contributed by atoms with Gasteiger partial charge in [-0.25, -0.2) is 14.2 Å². The van der Waals surface area contributed by atoms with E-state index in [9.17, 15) is 19.2 Å². The molecule has 0 radical (unpaired) electrons. The van der Waals surface area contributed by atoms with Crippen LogP contribution in [0, 0.1) is 41.5 Å². The van der Waals surface area contributed by atoms with Crippen LogP contribution in [0.25, 0.3) is 28.1 Å². The first-order valence-corrected chi connectivity index (χ1v) is 28.2. The number of methoxy groups -OCH3 is 2. The van der Waals surface area contributed by atoms with E-state index in [1.807, 2.05) is 99.3 Å². The molecule has 3 aliphatic heterocycles. The lowest BCUT2D eigenvalue weighted by atomic mass is 9.77. The third-order valence-corrected chi connectivity index (χ3v) is 17.2. The number of benzene rings is 6. The Labute approximate surface area is 486 Å². The normalized spacial score (nSPS) is 15.5. The van der Waals surface area contributed by atoms with E-state index in [4.69, 9.17) is 14.0 Å². The molecule has 0 spiro atoms. The number of aryl methyl sites for hydroxylation is 8. The lowest BCUT2D eigenvalue weighted by Gasteiger charge is -2.32. The number of esters is 2. The molecule has 0 saturated carbocycles. The van der Waals surface area contributed by atoms with E-state index in [0.29, 0.717) is 19.6 Å². The fourth-order valence-corrected chi connectivity index (χ4v) is 10.9. The number of rotatable bonds is 9. The van der Waals surface area contributed by atoms with E-state index in [1.54, 1.807) is 15.4 Å². The molecule has 0 aliphatic carbocycles. The number of carbonyl (C=O) groups excluding carboxylic acids is 4. The van der Waals surface area contributed by atoms with Gasteiger partial charge in [0.05, 0.1) is 42.9 Å². The second-order valence-corrected chi connectivity index (χ2v) is 23.1. The van der Waals surface area contributed by atoms with Gasteiger partial charge in [0.1, 0.15) is 11.0 Å². The summed E-state index contributed by atoms with van der Waals surface area (Å²) in [5.41, 5.74) is 19.8. The first-order valence-electron chi connectivity index (χ1n) is 28.2. The molecule has 1 atom stereocenters. The van der Waals surface area contributed by atoms with E-state index in [-0.39, 0.29) is 54.4 Å². The molecule has 2 amide bonds. The van der Waals surface area contributed by atoms with E-state index in [0.717, 1.165) is 103 Å². The Morgan fingerprint density at radius 3 is 1.65 bits per heavy atom. The average molecular weight is 1120 g/mol. The fraction of sp³-hybridized carbons (Fsp3) is 0.364. The number of aromatic nitrogens is 6. The summed E-state index contributed by atoms with van der Waals surface area (Å²) in [6.45, 7) is 23.0. The van der Waals surface area contributed by atoms with Crippen molar-refractivity contribution in [1.29, 1.82) is 0 Å². The van der Waals surface area contributed by atoms with Gasteiger partial charge in [-0.3, -0.25) is 14.4 Å². The van der Waals surface area contributed by atoms with Gasteiger partial charge in [-0.2, -0.15) is 0 Å². The maximum Gasteiger partial charge on any atom is 0.494 e. The Morgan fingerprint density at radius 2 is 1.12 bits per heavy atom. The maximum absolute atomic E-state index is 13.3. The quantitative estimate of drug-likeness (QED) is 0.0762. The first-order chi connectivity index (χ1) is 39.5. The monoisotopic (exact) mass is 1120 g/mol. The minimum Gasteiger partial charge on any atom is -0.469 e. The van der Waals surface area contributed by atoms with Crippen LogP contribution in [-0.4, -0.2) is 109 Å². The number of hydrogen-bond donors (Lipinski definition) is 0. The Kier molecular flexibility index (Phi) is 17.4. The molecule has 2 aromatic heterocycles. The predicted molar refractivity (Wildman–Crippen MR) is 323 cm³/mol. The van der Waals surface area contributed by atoms with Crippen molar-refractivity contribution in [2.45, 2.75) is 119 Å². The third-order valence-electron chi connectivity index (χ3n) is 17.2. The van der Waals surface area contributed by atoms with Crippen molar-refractivity contribution in [3.05, 3.63) is 187 Å². The predicted octanol–water partition coefficient (Wildman–Crippen LogP) is 10.1. The van der Waals surface area contributed by atoms with Crippen molar-refractivity contribution in [3.63, 3.8) is 0 Å². The van der Waals surface area contributed by atoms with Gasteiger partial charge < -0.3 is 28.6 Å².